The number of carbonyl (C=O) groups is 1. The summed E-state index contributed by atoms with van der Waals surface area (Å²) in [5.74, 6) is 0.268. The first-order valence-corrected chi connectivity index (χ1v) is 6.96. The lowest BCUT2D eigenvalue weighted by atomic mass is 10.3. The normalized spacial score (nSPS) is 16.5. The van der Waals surface area contributed by atoms with Gasteiger partial charge in [0.15, 0.2) is 5.17 Å². The number of aromatic nitrogens is 2. The van der Waals surface area contributed by atoms with E-state index in [1.807, 2.05) is 11.5 Å². The van der Waals surface area contributed by atoms with Crippen molar-refractivity contribution >= 4 is 28.7 Å². The van der Waals surface area contributed by atoms with Gasteiger partial charge in [-0.2, -0.15) is 10.4 Å². The summed E-state index contributed by atoms with van der Waals surface area (Å²) in [6.07, 6.45) is 1.70. The summed E-state index contributed by atoms with van der Waals surface area (Å²) >= 11 is 1.55. The Bertz CT molecular complexity index is 668. The number of thioether (sulfide) groups is 1. The summed E-state index contributed by atoms with van der Waals surface area (Å²) in [5, 5.41) is 18.6. The molecule has 20 heavy (non-hydrogen) atoms. The van der Waals surface area contributed by atoms with E-state index >= 15 is 0 Å². The van der Waals surface area contributed by atoms with Gasteiger partial charge in [0, 0.05) is 19.3 Å². The second kappa shape index (κ2) is 5.02. The van der Waals surface area contributed by atoms with Crippen LogP contribution in [0.25, 0.3) is 0 Å². The van der Waals surface area contributed by atoms with Gasteiger partial charge in [0.2, 0.25) is 5.91 Å². The van der Waals surface area contributed by atoms with Crippen molar-refractivity contribution in [1.82, 2.24) is 14.7 Å². The highest BCUT2D eigenvalue weighted by Crippen LogP contribution is 2.31. The number of aliphatic imine (C=N–C) groups is 1. The highest BCUT2D eigenvalue weighted by molar-refractivity contribution is 8.16. The molecule has 2 aliphatic rings. The molecule has 8 heteroatoms. The highest BCUT2D eigenvalue weighted by atomic mass is 32.2. The number of fused-ring (bicyclic) bond motifs is 1. The van der Waals surface area contributed by atoms with Crippen LogP contribution in [0.15, 0.2) is 22.3 Å². The largest absolute Gasteiger partial charge is 0.322 e. The molecule has 0 aromatic carbocycles. The molecule has 0 radical (unpaired) electrons. The Balaban J connectivity index is 1.68. The van der Waals surface area contributed by atoms with Crippen molar-refractivity contribution in [2.75, 3.05) is 18.4 Å². The van der Waals surface area contributed by atoms with E-state index in [4.69, 9.17) is 5.26 Å². The molecule has 1 aromatic rings. The number of amides is 1. The summed E-state index contributed by atoms with van der Waals surface area (Å²) in [6, 6.07) is 2.01. The Hall–Kier alpha value is -2.27. The van der Waals surface area contributed by atoms with E-state index in [1.165, 1.54) is 10.9 Å². The van der Waals surface area contributed by atoms with Gasteiger partial charge < -0.3 is 10.2 Å². The van der Waals surface area contributed by atoms with Gasteiger partial charge in [0.05, 0.1) is 19.2 Å². The Kier molecular flexibility index (Phi) is 3.20. The molecule has 1 amide bonds. The highest BCUT2D eigenvalue weighted by Gasteiger charge is 2.27. The lowest BCUT2D eigenvalue weighted by Gasteiger charge is -2.16. The third kappa shape index (κ3) is 2.16. The molecule has 3 rings (SSSR count). The number of amidine groups is 1. The molecule has 1 N–H and O–H groups in total. The van der Waals surface area contributed by atoms with Crippen molar-refractivity contribution in [1.29, 1.82) is 5.26 Å². The van der Waals surface area contributed by atoms with Crippen LogP contribution in [0.5, 0.6) is 0 Å². The summed E-state index contributed by atoms with van der Waals surface area (Å²) in [4.78, 5) is 18.5. The quantitative estimate of drug-likeness (QED) is 0.892. The zero-order valence-corrected chi connectivity index (χ0v) is 11.6. The van der Waals surface area contributed by atoms with Gasteiger partial charge in [0.1, 0.15) is 17.5 Å². The average molecular weight is 288 g/mol. The van der Waals surface area contributed by atoms with Crippen LogP contribution in [0.1, 0.15) is 12.0 Å². The molecule has 2 aliphatic heterocycles. The number of nitriles is 1. The van der Waals surface area contributed by atoms with Crippen LogP contribution in [0, 0.1) is 11.3 Å². The van der Waals surface area contributed by atoms with Crippen LogP contribution in [0.4, 0.5) is 5.82 Å². The third-order valence-corrected chi connectivity index (χ3v) is 4.06. The number of nitrogens with one attached hydrogen (secondary N) is 1. The fourth-order valence-corrected chi connectivity index (χ4v) is 3.08. The number of aryl methyl sites for hydroxylation is 1. The fraction of sp³-hybridized carbons (Fsp3) is 0.333. The van der Waals surface area contributed by atoms with E-state index in [0.29, 0.717) is 11.4 Å². The maximum absolute atomic E-state index is 12.1. The Labute approximate surface area is 120 Å². The summed E-state index contributed by atoms with van der Waals surface area (Å²) in [7, 11) is 1.69. The minimum Gasteiger partial charge on any atom is -0.322 e. The molecule has 3 heterocycles. The average Bonchev–Trinajstić information content (AvgIpc) is 3.09. The van der Waals surface area contributed by atoms with Gasteiger partial charge in [-0.25, -0.2) is 0 Å². The molecule has 102 valence electrons. The van der Waals surface area contributed by atoms with Crippen LogP contribution in [-0.4, -0.2) is 38.8 Å². The van der Waals surface area contributed by atoms with Crippen LogP contribution < -0.4 is 5.32 Å². The van der Waals surface area contributed by atoms with E-state index in [1.54, 1.807) is 18.8 Å². The first-order valence-electron chi connectivity index (χ1n) is 6.08. The van der Waals surface area contributed by atoms with Crippen molar-refractivity contribution in [2.24, 2.45) is 12.0 Å². The van der Waals surface area contributed by atoms with Gasteiger partial charge in [0.25, 0.3) is 0 Å². The first kappa shape index (κ1) is 12.7. The number of carbonyl (C=O) groups excluding carboxylic acids is 1. The van der Waals surface area contributed by atoms with Crippen molar-refractivity contribution in [3.8, 4) is 6.07 Å². The Morgan fingerprint density at radius 1 is 1.65 bits per heavy atom. The van der Waals surface area contributed by atoms with Gasteiger partial charge >= 0.3 is 0 Å². The summed E-state index contributed by atoms with van der Waals surface area (Å²) in [5.41, 5.74) is 1.31. The Morgan fingerprint density at radius 2 is 2.50 bits per heavy atom. The van der Waals surface area contributed by atoms with Gasteiger partial charge in [-0.05, 0) is 5.41 Å². The summed E-state index contributed by atoms with van der Waals surface area (Å²) in [6.45, 7) is 1.61. The van der Waals surface area contributed by atoms with Crippen molar-refractivity contribution in [2.45, 2.75) is 6.42 Å². The maximum atomic E-state index is 12.1. The number of hydrogen-bond donors (Lipinski definition) is 1. The number of nitrogens with zero attached hydrogens (tertiary/aromatic N) is 5. The van der Waals surface area contributed by atoms with Gasteiger partial charge in [-0.1, -0.05) is 11.8 Å². The number of hydrogen-bond acceptors (Lipinski definition) is 6. The van der Waals surface area contributed by atoms with Crippen LogP contribution >= 0.6 is 11.8 Å². The van der Waals surface area contributed by atoms with Crippen LogP contribution in [0.3, 0.4) is 0 Å². The van der Waals surface area contributed by atoms with E-state index < -0.39 is 0 Å². The molecule has 0 spiro atoms. The SMILES string of the molecule is Cn1ncc(C#N)c1NC(=O)CC1=CSC2=NCCN12. The van der Waals surface area contributed by atoms with Crippen molar-refractivity contribution < 1.29 is 4.79 Å². The van der Waals surface area contributed by atoms with E-state index in [0.717, 1.165) is 24.0 Å². The van der Waals surface area contributed by atoms with Crippen molar-refractivity contribution in [3.63, 3.8) is 0 Å². The zero-order valence-electron chi connectivity index (χ0n) is 10.8. The molecule has 0 saturated carbocycles. The van der Waals surface area contributed by atoms with E-state index in [9.17, 15) is 4.79 Å². The molecule has 7 nitrogen and oxygen atoms in total. The van der Waals surface area contributed by atoms with E-state index in [-0.39, 0.29) is 12.3 Å². The second-order valence-electron chi connectivity index (χ2n) is 4.41. The van der Waals surface area contributed by atoms with E-state index in [2.05, 4.69) is 20.3 Å². The Morgan fingerprint density at radius 3 is 3.30 bits per heavy atom. The van der Waals surface area contributed by atoms with Crippen LogP contribution in [0.2, 0.25) is 0 Å². The minimum atomic E-state index is -0.162. The summed E-state index contributed by atoms with van der Waals surface area (Å²) < 4.78 is 1.48. The molecular formula is C12H12N6OS. The molecular weight excluding hydrogens is 276 g/mol. The molecule has 0 saturated heterocycles. The predicted octanol–water partition coefficient (Wildman–Crippen LogP) is 0.880. The molecule has 0 fully saturated rings. The predicted molar refractivity (Wildman–Crippen MR) is 75.9 cm³/mol. The lowest BCUT2D eigenvalue weighted by molar-refractivity contribution is -0.115. The lowest BCUT2D eigenvalue weighted by Crippen LogP contribution is -2.25. The molecule has 0 atom stereocenters. The smallest absolute Gasteiger partial charge is 0.231 e. The van der Waals surface area contributed by atoms with Gasteiger partial charge in [-0.15, -0.1) is 0 Å². The first-order chi connectivity index (χ1) is 9.69. The minimum absolute atomic E-state index is 0.162. The molecule has 1 aromatic heterocycles. The van der Waals surface area contributed by atoms with Crippen LogP contribution in [-0.2, 0) is 11.8 Å². The molecule has 0 unspecified atom stereocenters. The fourth-order valence-electron chi connectivity index (χ4n) is 2.12. The second-order valence-corrected chi connectivity index (χ2v) is 5.25. The standard InChI is InChI=1S/C12H12N6OS/c1-17-11(8(5-13)6-15-17)16-10(19)4-9-7-20-12-14-2-3-18(9)12/h6-7H,2-4H2,1H3,(H,16,19). The number of rotatable bonds is 3. The third-order valence-electron chi connectivity index (χ3n) is 3.11. The topological polar surface area (TPSA) is 86.3 Å². The van der Waals surface area contributed by atoms with Gasteiger partial charge in [-0.3, -0.25) is 14.5 Å². The zero-order chi connectivity index (χ0) is 14.1. The number of anilines is 1. The monoisotopic (exact) mass is 288 g/mol. The van der Waals surface area contributed by atoms with Crippen molar-refractivity contribution in [3.05, 3.63) is 22.9 Å². The molecule has 0 aliphatic carbocycles. The molecule has 0 bridgehead atoms. The maximum Gasteiger partial charge on any atom is 0.231 e.